The van der Waals surface area contributed by atoms with Crippen LogP contribution in [0.15, 0.2) is 17.1 Å². The molecule has 2 heterocycles. The first-order valence-corrected chi connectivity index (χ1v) is 8.07. The van der Waals surface area contributed by atoms with E-state index in [1.807, 2.05) is 0 Å². The van der Waals surface area contributed by atoms with Crippen molar-refractivity contribution in [3.05, 3.63) is 39.0 Å². The monoisotopic (exact) mass is 388 g/mol. The minimum atomic E-state index is -1.41. The molecule has 0 fully saturated rings. The average molecular weight is 389 g/mol. The molecule has 2 aromatic heterocycles. The molecule has 26 heavy (non-hydrogen) atoms. The number of methoxy groups -OCH3 is 1. The summed E-state index contributed by atoms with van der Waals surface area (Å²) in [6, 6.07) is 0.886. The lowest BCUT2D eigenvalue weighted by Gasteiger charge is -2.13. The van der Waals surface area contributed by atoms with Gasteiger partial charge in [0.1, 0.15) is 11.2 Å². The molecule has 0 radical (unpaired) electrons. The van der Waals surface area contributed by atoms with Crippen LogP contribution in [0.5, 0.6) is 0 Å². The normalized spacial score (nSPS) is 12.5. The van der Waals surface area contributed by atoms with Crippen LogP contribution in [-0.2, 0) is 20.8 Å². The fourth-order valence-corrected chi connectivity index (χ4v) is 2.33. The van der Waals surface area contributed by atoms with Gasteiger partial charge in [0.05, 0.1) is 25.2 Å². The second kappa shape index (κ2) is 9.04. The molecule has 0 bridgehead atoms. The van der Waals surface area contributed by atoms with Crippen LogP contribution in [0, 0.1) is 5.82 Å². The number of hydrogen-bond donors (Lipinski definition) is 1. The molecule has 0 amide bonds. The highest BCUT2D eigenvalue weighted by atomic mass is 35.5. The van der Waals surface area contributed by atoms with Gasteiger partial charge in [0.15, 0.2) is 17.3 Å². The zero-order valence-electron chi connectivity index (χ0n) is 14.2. The number of nitrogens with zero attached hydrogens (tertiary/aromatic N) is 2. The van der Waals surface area contributed by atoms with E-state index in [1.54, 1.807) is 6.92 Å². The minimum absolute atomic E-state index is 0.0826. The van der Waals surface area contributed by atoms with E-state index >= 15 is 0 Å². The van der Waals surface area contributed by atoms with Gasteiger partial charge in [-0.05, 0) is 13.0 Å². The number of aromatic nitrogens is 2. The van der Waals surface area contributed by atoms with E-state index in [9.17, 15) is 19.1 Å². The molecule has 2 rings (SSSR count). The Morgan fingerprint density at radius 2 is 2.15 bits per heavy atom. The van der Waals surface area contributed by atoms with Crippen molar-refractivity contribution in [2.75, 3.05) is 26.9 Å². The molecule has 0 spiro atoms. The predicted octanol–water partition coefficient (Wildman–Crippen LogP) is 1.91. The van der Waals surface area contributed by atoms with Crippen LogP contribution in [0.3, 0.4) is 0 Å². The second-order valence-electron chi connectivity index (χ2n) is 5.29. The van der Waals surface area contributed by atoms with Crippen molar-refractivity contribution < 1.29 is 28.5 Å². The van der Waals surface area contributed by atoms with Crippen molar-refractivity contribution in [2.24, 2.45) is 0 Å². The molecule has 0 aliphatic carbocycles. The SMILES string of the molecule is COC(C)OCCOCCn1cc(C(=O)O)c(=O)c2cc(F)c(Cl)nc21. The summed E-state index contributed by atoms with van der Waals surface area (Å²) in [5.41, 5.74) is -1.23. The quantitative estimate of drug-likeness (QED) is 0.398. The van der Waals surface area contributed by atoms with E-state index in [0.717, 1.165) is 12.3 Å². The number of halogens is 2. The third-order valence-corrected chi connectivity index (χ3v) is 3.84. The summed E-state index contributed by atoms with van der Waals surface area (Å²) in [7, 11) is 1.52. The molecule has 0 aliphatic heterocycles. The van der Waals surface area contributed by atoms with E-state index < -0.39 is 27.9 Å². The third kappa shape index (κ3) is 4.76. The van der Waals surface area contributed by atoms with Crippen molar-refractivity contribution in [3.63, 3.8) is 0 Å². The fraction of sp³-hybridized carbons (Fsp3) is 0.438. The Kier molecular flexibility index (Phi) is 7.04. The Morgan fingerprint density at radius 3 is 2.81 bits per heavy atom. The summed E-state index contributed by atoms with van der Waals surface area (Å²) in [5, 5.41) is 8.61. The lowest BCUT2D eigenvalue weighted by molar-refractivity contribution is -0.121. The third-order valence-electron chi connectivity index (χ3n) is 3.58. The molecule has 1 atom stereocenters. The largest absolute Gasteiger partial charge is 0.477 e. The Labute approximate surface area is 153 Å². The van der Waals surface area contributed by atoms with Crippen LogP contribution in [0.1, 0.15) is 17.3 Å². The summed E-state index contributed by atoms with van der Waals surface area (Å²) < 4.78 is 30.6. The Balaban J connectivity index is 2.18. The standard InChI is InChI=1S/C16H18ClFN2O6/c1-9(24-2)26-6-5-25-4-3-20-8-11(16(22)23)13(21)10-7-12(18)14(17)19-15(10)20/h7-9H,3-6H2,1-2H3,(H,22,23). The van der Waals surface area contributed by atoms with E-state index in [2.05, 4.69) is 4.98 Å². The van der Waals surface area contributed by atoms with Gasteiger partial charge in [0.25, 0.3) is 0 Å². The topological polar surface area (TPSA) is 99.9 Å². The van der Waals surface area contributed by atoms with Crippen molar-refractivity contribution in [1.82, 2.24) is 9.55 Å². The number of ether oxygens (including phenoxy) is 3. The number of carboxylic acids is 1. The molecule has 0 saturated carbocycles. The lowest BCUT2D eigenvalue weighted by Crippen LogP contribution is -2.21. The van der Waals surface area contributed by atoms with Crippen molar-refractivity contribution in [3.8, 4) is 0 Å². The highest BCUT2D eigenvalue weighted by Gasteiger charge is 2.17. The highest BCUT2D eigenvalue weighted by molar-refractivity contribution is 6.29. The minimum Gasteiger partial charge on any atom is -0.477 e. The molecule has 1 unspecified atom stereocenters. The van der Waals surface area contributed by atoms with Crippen molar-refractivity contribution in [1.29, 1.82) is 0 Å². The molecular formula is C16H18ClFN2O6. The van der Waals surface area contributed by atoms with Gasteiger partial charge in [-0.25, -0.2) is 14.2 Å². The molecule has 10 heteroatoms. The smallest absolute Gasteiger partial charge is 0.341 e. The molecule has 2 aromatic rings. The maximum atomic E-state index is 13.6. The van der Waals surface area contributed by atoms with Crippen LogP contribution in [0.25, 0.3) is 11.0 Å². The van der Waals surface area contributed by atoms with Gasteiger partial charge >= 0.3 is 5.97 Å². The first-order chi connectivity index (χ1) is 12.3. The Hall–Kier alpha value is -2.07. The number of pyridine rings is 2. The Bertz CT molecular complexity index is 857. The summed E-state index contributed by atoms with van der Waals surface area (Å²) in [6.07, 6.45) is 0.794. The van der Waals surface area contributed by atoms with Gasteiger partial charge in [-0.3, -0.25) is 4.79 Å². The number of carbonyl (C=O) groups is 1. The zero-order valence-corrected chi connectivity index (χ0v) is 15.0. The van der Waals surface area contributed by atoms with E-state index in [4.69, 9.17) is 25.8 Å². The van der Waals surface area contributed by atoms with E-state index in [-0.39, 0.29) is 30.5 Å². The first kappa shape index (κ1) is 20.2. The van der Waals surface area contributed by atoms with Gasteiger partial charge in [0.2, 0.25) is 5.43 Å². The second-order valence-corrected chi connectivity index (χ2v) is 5.65. The van der Waals surface area contributed by atoms with Crippen LogP contribution < -0.4 is 5.43 Å². The molecule has 1 N–H and O–H groups in total. The van der Waals surface area contributed by atoms with E-state index in [0.29, 0.717) is 13.2 Å². The van der Waals surface area contributed by atoms with Gasteiger partial charge in [-0.15, -0.1) is 0 Å². The first-order valence-electron chi connectivity index (χ1n) is 7.69. The highest BCUT2D eigenvalue weighted by Crippen LogP contribution is 2.18. The number of fused-ring (bicyclic) bond motifs is 1. The molecule has 0 aliphatic rings. The van der Waals surface area contributed by atoms with Gasteiger partial charge < -0.3 is 23.9 Å². The van der Waals surface area contributed by atoms with Crippen molar-refractivity contribution >= 4 is 28.6 Å². The molecular weight excluding hydrogens is 371 g/mol. The van der Waals surface area contributed by atoms with E-state index in [1.165, 1.54) is 11.7 Å². The van der Waals surface area contributed by atoms with Gasteiger partial charge in [0, 0.05) is 19.9 Å². The maximum Gasteiger partial charge on any atom is 0.341 e. The Morgan fingerprint density at radius 1 is 1.42 bits per heavy atom. The summed E-state index contributed by atoms with van der Waals surface area (Å²) in [6.45, 7) is 2.73. The lowest BCUT2D eigenvalue weighted by atomic mass is 10.2. The molecule has 142 valence electrons. The van der Waals surface area contributed by atoms with Crippen LogP contribution in [0.2, 0.25) is 5.15 Å². The number of hydrogen-bond acceptors (Lipinski definition) is 6. The van der Waals surface area contributed by atoms with Gasteiger partial charge in [-0.1, -0.05) is 11.6 Å². The fourth-order valence-electron chi connectivity index (χ4n) is 2.19. The summed E-state index contributed by atoms with van der Waals surface area (Å²) in [5.74, 6) is -2.31. The van der Waals surface area contributed by atoms with Gasteiger partial charge in [-0.2, -0.15) is 0 Å². The number of rotatable bonds is 9. The summed E-state index contributed by atoms with van der Waals surface area (Å²) >= 11 is 5.68. The number of carboxylic acid groups (broad SMARTS) is 1. The van der Waals surface area contributed by atoms with Crippen LogP contribution >= 0.6 is 11.6 Å². The molecule has 0 aromatic carbocycles. The maximum absolute atomic E-state index is 13.6. The summed E-state index contributed by atoms with van der Waals surface area (Å²) in [4.78, 5) is 27.3. The number of aromatic carboxylic acids is 1. The van der Waals surface area contributed by atoms with Crippen LogP contribution in [-0.4, -0.2) is 53.8 Å². The molecule has 8 nitrogen and oxygen atoms in total. The zero-order chi connectivity index (χ0) is 19.3. The van der Waals surface area contributed by atoms with Crippen molar-refractivity contribution in [2.45, 2.75) is 19.8 Å². The molecule has 0 saturated heterocycles. The average Bonchev–Trinajstić information content (AvgIpc) is 2.60. The predicted molar refractivity (Wildman–Crippen MR) is 91.2 cm³/mol. The van der Waals surface area contributed by atoms with Crippen LogP contribution in [0.4, 0.5) is 4.39 Å².